The number of carbonyl (C=O) groups excluding carboxylic acids is 1. The molecule has 0 N–H and O–H groups in total. The minimum absolute atomic E-state index is 0.0252. The van der Waals surface area contributed by atoms with Gasteiger partial charge in [-0.1, -0.05) is 27.7 Å². The van der Waals surface area contributed by atoms with E-state index in [0.717, 1.165) is 0 Å². The molecule has 1 atom stereocenters. The lowest BCUT2D eigenvalue weighted by molar-refractivity contribution is -0.155. The Morgan fingerprint density at radius 3 is 2.07 bits per heavy atom. The van der Waals surface area contributed by atoms with Gasteiger partial charge in [-0.3, -0.25) is 4.79 Å². The van der Waals surface area contributed by atoms with Crippen molar-refractivity contribution in [1.29, 1.82) is 0 Å². The summed E-state index contributed by atoms with van der Waals surface area (Å²) in [5.74, 6) is 0.585. The van der Waals surface area contributed by atoms with Crippen LogP contribution in [0.4, 0.5) is 0 Å². The molecule has 2 nitrogen and oxygen atoms in total. The minimum atomic E-state index is -0.522. The highest BCUT2D eigenvalue weighted by Gasteiger charge is 2.37. The second kappa shape index (κ2) is 5.78. The topological polar surface area (TPSA) is 26.3 Å². The Hall–Kier alpha value is -0.180. The van der Waals surface area contributed by atoms with E-state index in [9.17, 15) is 4.79 Å². The summed E-state index contributed by atoms with van der Waals surface area (Å²) in [7, 11) is 0. The molecular weight excluding hydrogens is 208 g/mol. The molecule has 90 valence electrons. The van der Waals surface area contributed by atoms with E-state index in [1.165, 1.54) is 0 Å². The van der Waals surface area contributed by atoms with Crippen molar-refractivity contribution >= 4 is 18.6 Å². The number of hydrogen-bond acceptors (Lipinski definition) is 3. The lowest BCUT2D eigenvalue weighted by Gasteiger charge is -2.31. The van der Waals surface area contributed by atoms with Crippen LogP contribution in [0.5, 0.6) is 0 Å². The van der Waals surface area contributed by atoms with Gasteiger partial charge < -0.3 is 4.74 Å². The van der Waals surface area contributed by atoms with Crippen LogP contribution in [0.3, 0.4) is 0 Å². The van der Waals surface area contributed by atoms with Crippen molar-refractivity contribution < 1.29 is 9.53 Å². The molecule has 0 aliphatic carbocycles. The number of thiol groups is 1. The van der Waals surface area contributed by atoms with E-state index in [1.807, 2.05) is 27.7 Å². The molecule has 0 aromatic rings. The van der Waals surface area contributed by atoms with Gasteiger partial charge in [0.15, 0.2) is 0 Å². The maximum atomic E-state index is 11.8. The van der Waals surface area contributed by atoms with Gasteiger partial charge in [0.25, 0.3) is 0 Å². The molecule has 0 rings (SSSR count). The van der Waals surface area contributed by atoms with Gasteiger partial charge in [-0.2, -0.15) is 12.6 Å². The molecule has 3 heteroatoms. The van der Waals surface area contributed by atoms with Crippen LogP contribution < -0.4 is 0 Å². The van der Waals surface area contributed by atoms with Crippen LogP contribution in [0.15, 0.2) is 0 Å². The molecule has 15 heavy (non-hydrogen) atoms. The average Bonchev–Trinajstić information content (AvgIpc) is 2.12. The number of rotatable bonds is 5. The fraction of sp³-hybridized carbons (Fsp3) is 0.917. The summed E-state index contributed by atoms with van der Waals surface area (Å²) < 4.78 is 5.25. The zero-order chi connectivity index (χ0) is 12.2. The fourth-order valence-corrected chi connectivity index (χ4v) is 1.49. The van der Waals surface area contributed by atoms with Gasteiger partial charge in [-0.05, 0) is 25.7 Å². The first kappa shape index (κ1) is 14.8. The molecule has 0 saturated heterocycles. The van der Waals surface area contributed by atoms with Gasteiger partial charge in [0.1, 0.15) is 0 Å². The molecule has 0 saturated carbocycles. The Morgan fingerprint density at radius 1 is 1.27 bits per heavy atom. The van der Waals surface area contributed by atoms with Crippen LogP contribution in [-0.4, -0.2) is 17.8 Å². The van der Waals surface area contributed by atoms with Crippen LogP contribution >= 0.6 is 12.6 Å². The first-order valence-electron chi connectivity index (χ1n) is 5.54. The fourth-order valence-electron chi connectivity index (χ4n) is 1.38. The van der Waals surface area contributed by atoms with Crippen molar-refractivity contribution in [1.82, 2.24) is 0 Å². The molecule has 0 aliphatic rings. The van der Waals surface area contributed by atoms with E-state index in [4.69, 9.17) is 4.74 Å². The quantitative estimate of drug-likeness (QED) is 0.582. The zero-order valence-electron chi connectivity index (χ0n) is 10.7. The second-order valence-electron chi connectivity index (χ2n) is 5.40. The van der Waals surface area contributed by atoms with E-state index in [0.29, 0.717) is 18.4 Å². The smallest absolute Gasteiger partial charge is 0.312 e. The van der Waals surface area contributed by atoms with E-state index >= 15 is 0 Å². The maximum Gasteiger partial charge on any atom is 0.312 e. The van der Waals surface area contributed by atoms with Gasteiger partial charge in [0.05, 0.1) is 12.0 Å². The van der Waals surface area contributed by atoms with Crippen LogP contribution in [0.2, 0.25) is 0 Å². The summed E-state index contributed by atoms with van der Waals surface area (Å²) in [6, 6.07) is 0. The summed E-state index contributed by atoms with van der Waals surface area (Å²) in [6.07, 6.45) is 0. The van der Waals surface area contributed by atoms with E-state index < -0.39 is 5.41 Å². The molecule has 0 amide bonds. The normalized spacial score (nSPS) is 14.5. The van der Waals surface area contributed by atoms with E-state index in [2.05, 4.69) is 26.5 Å². The summed E-state index contributed by atoms with van der Waals surface area (Å²) in [4.78, 5) is 11.8. The standard InChI is InChI=1S/C12H24O2S/c1-8(2)7-14-11(13)12(5,6)10(15)9(3)4/h8-10,15H,7H2,1-6H3. The van der Waals surface area contributed by atoms with Crippen molar-refractivity contribution in [3.8, 4) is 0 Å². The molecule has 0 spiro atoms. The van der Waals surface area contributed by atoms with E-state index in [-0.39, 0.29) is 11.2 Å². The van der Waals surface area contributed by atoms with E-state index in [1.54, 1.807) is 0 Å². The molecule has 0 aromatic carbocycles. The summed E-state index contributed by atoms with van der Waals surface area (Å²) in [5, 5.41) is 0.0252. The van der Waals surface area contributed by atoms with Gasteiger partial charge in [0, 0.05) is 5.25 Å². The molecule has 0 aromatic heterocycles. The van der Waals surface area contributed by atoms with Crippen molar-refractivity contribution in [3.63, 3.8) is 0 Å². The Labute approximate surface area is 99.2 Å². The van der Waals surface area contributed by atoms with Crippen LogP contribution in [0.1, 0.15) is 41.5 Å². The molecule has 0 radical (unpaired) electrons. The minimum Gasteiger partial charge on any atom is -0.465 e. The predicted molar refractivity (Wildman–Crippen MR) is 67.2 cm³/mol. The largest absolute Gasteiger partial charge is 0.465 e. The van der Waals surface area contributed by atoms with Crippen molar-refractivity contribution in [2.24, 2.45) is 17.3 Å². The highest BCUT2D eigenvalue weighted by atomic mass is 32.1. The predicted octanol–water partition coefficient (Wildman–Crippen LogP) is 3.17. The maximum absolute atomic E-state index is 11.8. The van der Waals surface area contributed by atoms with Gasteiger partial charge >= 0.3 is 5.97 Å². The highest BCUT2D eigenvalue weighted by Crippen LogP contribution is 2.32. The molecule has 0 heterocycles. The number of hydrogen-bond donors (Lipinski definition) is 1. The van der Waals surface area contributed by atoms with Gasteiger partial charge in [0.2, 0.25) is 0 Å². The third-order valence-electron chi connectivity index (χ3n) is 2.44. The zero-order valence-corrected chi connectivity index (χ0v) is 11.6. The lowest BCUT2D eigenvalue weighted by atomic mass is 9.83. The molecule has 0 fully saturated rings. The van der Waals surface area contributed by atoms with Crippen LogP contribution in [0, 0.1) is 17.3 Å². The van der Waals surface area contributed by atoms with Gasteiger partial charge in [-0.15, -0.1) is 0 Å². The first-order valence-corrected chi connectivity index (χ1v) is 6.06. The van der Waals surface area contributed by atoms with Crippen molar-refractivity contribution in [2.45, 2.75) is 46.8 Å². The molecule has 0 aliphatic heterocycles. The summed E-state index contributed by atoms with van der Waals surface area (Å²) >= 11 is 4.49. The molecule has 1 unspecified atom stereocenters. The summed E-state index contributed by atoms with van der Waals surface area (Å²) in [5.41, 5.74) is -0.522. The average molecular weight is 232 g/mol. The monoisotopic (exact) mass is 232 g/mol. The number of esters is 1. The third kappa shape index (κ3) is 4.45. The SMILES string of the molecule is CC(C)COC(=O)C(C)(C)C(S)C(C)C. The molecule has 0 bridgehead atoms. The Balaban J connectivity index is 4.38. The van der Waals surface area contributed by atoms with Crippen molar-refractivity contribution in [2.75, 3.05) is 6.61 Å². The molecular formula is C12H24O2S. The van der Waals surface area contributed by atoms with Crippen LogP contribution in [-0.2, 0) is 9.53 Å². The number of carbonyl (C=O) groups is 1. The second-order valence-corrected chi connectivity index (χ2v) is 5.96. The lowest BCUT2D eigenvalue weighted by Crippen LogP contribution is -2.38. The van der Waals surface area contributed by atoms with Crippen LogP contribution in [0.25, 0.3) is 0 Å². The first-order chi connectivity index (χ1) is 6.69. The number of ether oxygens (including phenoxy) is 1. The van der Waals surface area contributed by atoms with Crippen molar-refractivity contribution in [3.05, 3.63) is 0 Å². The summed E-state index contributed by atoms with van der Waals surface area (Å²) in [6.45, 7) is 12.5. The Morgan fingerprint density at radius 2 is 1.73 bits per heavy atom. The van der Waals surface area contributed by atoms with Gasteiger partial charge in [-0.25, -0.2) is 0 Å². The Kier molecular flexibility index (Phi) is 5.71. The third-order valence-corrected chi connectivity index (χ3v) is 3.69. The Bertz CT molecular complexity index is 210. The highest BCUT2D eigenvalue weighted by molar-refractivity contribution is 7.81.